The first-order valence-electron chi connectivity index (χ1n) is 4.13. The number of nitrogens with two attached hydrogens (primary N) is 1. The lowest BCUT2D eigenvalue weighted by Gasteiger charge is -1.95. The van der Waals surface area contributed by atoms with Crippen LogP contribution < -0.4 is 11.1 Å². The van der Waals surface area contributed by atoms with Crippen LogP contribution in [0.15, 0.2) is 16.5 Å². The highest BCUT2D eigenvalue weighted by Gasteiger charge is 2.12. The van der Waals surface area contributed by atoms with Gasteiger partial charge in [-0.3, -0.25) is 10.1 Å². The first-order chi connectivity index (χ1) is 7.29. The number of hydrogen-bond donors (Lipinski definition) is 3. The molecule has 2 aromatic heterocycles. The second-order valence-corrected chi connectivity index (χ2v) is 2.66. The molecule has 8 nitrogen and oxygen atoms in total. The second-order valence-electron chi connectivity index (χ2n) is 2.66. The van der Waals surface area contributed by atoms with Gasteiger partial charge < -0.3 is 10.2 Å². The van der Waals surface area contributed by atoms with Crippen LogP contribution in [0.2, 0.25) is 0 Å². The minimum Gasteiger partial charge on any atom is -0.455 e. The van der Waals surface area contributed by atoms with Crippen molar-refractivity contribution in [3.05, 3.63) is 23.7 Å². The van der Waals surface area contributed by atoms with Crippen LogP contribution in [0.4, 0.5) is 5.95 Å². The van der Waals surface area contributed by atoms with Crippen molar-refractivity contribution in [3.8, 4) is 0 Å². The third-order valence-electron chi connectivity index (χ3n) is 1.66. The van der Waals surface area contributed by atoms with Crippen LogP contribution in [0.25, 0.3) is 0 Å². The van der Waals surface area contributed by atoms with Gasteiger partial charge in [-0.25, -0.2) is 0 Å². The lowest BCUT2D eigenvalue weighted by molar-refractivity contribution is 0.0994. The minimum atomic E-state index is -0.448. The Balaban J connectivity index is 2.08. The van der Waals surface area contributed by atoms with E-state index in [1.165, 1.54) is 6.07 Å². The fraction of sp³-hybridized carbons (Fsp3) is 0.143. The number of carbonyl (C=O) groups is 1. The van der Waals surface area contributed by atoms with Gasteiger partial charge in [0.1, 0.15) is 5.76 Å². The average molecular weight is 208 g/mol. The van der Waals surface area contributed by atoms with Gasteiger partial charge in [0.25, 0.3) is 11.9 Å². The molecule has 0 atom stereocenters. The van der Waals surface area contributed by atoms with Gasteiger partial charge in [-0.2, -0.15) is 5.21 Å². The highest BCUT2D eigenvalue weighted by molar-refractivity contribution is 6.01. The van der Waals surface area contributed by atoms with Crippen LogP contribution in [-0.2, 0) is 6.54 Å². The summed E-state index contributed by atoms with van der Waals surface area (Å²) in [7, 11) is 0. The number of furan rings is 1. The molecular formula is C7H8N6O2. The van der Waals surface area contributed by atoms with E-state index in [0.29, 0.717) is 5.76 Å². The predicted octanol–water partition coefficient (Wildman–Crippen LogP) is -0.496. The highest BCUT2D eigenvalue weighted by atomic mass is 16.4. The summed E-state index contributed by atoms with van der Waals surface area (Å²) in [5.74, 6) is 0.329. The van der Waals surface area contributed by atoms with Gasteiger partial charge in [0.15, 0.2) is 5.76 Å². The van der Waals surface area contributed by atoms with Crippen molar-refractivity contribution in [3.63, 3.8) is 0 Å². The van der Waals surface area contributed by atoms with E-state index in [4.69, 9.17) is 10.2 Å². The molecule has 2 heterocycles. The summed E-state index contributed by atoms with van der Waals surface area (Å²) in [5, 5.41) is 15.0. The van der Waals surface area contributed by atoms with Crippen molar-refractivity contribution in [2.24, 2.45) is 5.73 Å². The van der Waals surface area contributed by atoms with Crippen molar-refractivity contribution in [1.29, 1.82) is 0 Å². The molecule has 4 N–H and O–H groups in total. The Hall–Kier alpha value is -2.22. The summed E-state index contributed by atoms with van der Waals surface area (Å²) in [5.41, 5.74) is 5.33. The van der Waals surface area contributed by atoms with E-state index in [1.54, 1.807) is 6.07 Å². The quantitative estimate of drug-likeness (QED) is 0.625. The second kappa shape index (κ2) is 3.88. The largest absolute Gasteiger partial charge is 0.455 e. The molecule has 2 aromatic rings. The Labute approximate surface area is 83.8 Å². The Morgan fingerprint density at radius 1 is 1.60 bits per heavy atom. The number of tetrazole rings is 1. The fourth-order valence-corrected chi connectivity index (χ4v) is 0.988. The van der Waals surface area contributed by atoms with Crippen LogP contribution in [0, 0.1) is 0 Å². The van der Waals surface area contributed by atoms with Gasteiger partial charge in [-0.05, 0) is 17.3 Å². The van der Waals surface area contributed by atoms with E-state index in [0.717, 1.165) is 0 Å². The number of aromatic amines is 1. The van der Waals surface area contributed by atoms with Gasteiger partial charge in [-0.15, -0.1) is 5.10 Å². The Morgan fingerprint density at radius 2 is 2.47 bits per heavy atom. The number of nitrogens with zero attached hydrogens (tertiary/aromatic N) is 3. The zero-order chi connectivity index (χ0) is 10.7. The first kappa shape index (κ1) is 9.34. The number of carbonyl (C=O) groups excluding carboxylic acids is 1. The standard InChI is InChI=1S/C7H8N6O2/c8-3-4-1-2-5(15-4)6(14)9-7-10-12-13-11-7/h1-2H,3,8H2,(H2,9,10,11,12,13,14). The lowest BCUT2D eigenvalue weighted by atomic mass is 10.4. The molecule has 0 aliphatic carbocycles. The van der Waals surface area contributed by atoms with Gasteiger partial charge in [0, 0.05) is 0 Å². The maximum atomic E-state index is 11.5. The molecular weight excluding hydrogens is 200 g/mol. The summed E-state index contributed by atoms with van der Waals surface area (Å²) >= 11 is 0. The molecule has 0 unspecified atom stereocenters. The number of rotatable bonds is 3. The minimum absolute atomic E-state index is 0.0886. The summed E-state index contributed by atoms with van der Waals surface area (Å²) in [6.07, 6.45) is 0. The molecule has 78 valence electrons. The molecule has 0 aromatic carbocycles. The average Bonchev–Trinajstić information content (AvgIpc) is 2.86. The fourth-order valence-electron chi connectivity index (χ4n) is 0.988. The maximum absolute atomic E-state index is 11.5. The molecule has 0 aliphatic heterocycles. The molecule has 0 fully saturated rings. The number of H-pyrrole nitrogens is 1. The van der Waals surface area contributed by atoms with Gasteiger partial charge >= 0.3 is 0 Å². The molecule has 2 rings (SSSR count). The third kappa shape index (κ3) is 1.99. The van der Waals surface area contributed by atoms with Crippen molar-refractivity contribution in [2.45, 2.75) is 6.54 Å². The van der Waals surface area contributed by atoms with Crippen LogP contribution in [0.1, 0.15) is 16.3 Å². The number of amides is 1. The molecule has 0 radical (unpaired) electrons. The number of hydrogen-bond acceptors (Lipinski definition) is 6. The Morgan fingerprint density at radius 3 is 3.07 bits per heavy atom. The van der Waals surface area contributed by atoms with Crippen LogP contribution in [-0.4, -0.2) is 26.5 Å². The van der Waals surface area contributed by atoms with E-state index in [9.17, 15) is 4.79 Å². The molecule has 0 aliphatic rings. The molecule has 1 amide bonds. The summed E-state index contributed by atoms with van der Waals surface area (Å²) < 4.78 is 5.12. The molecule has 8 heteroatoms. The van der Waals surface area contributed by atoms with Crippen molar-refractivity contribution >= 4 is 11.9 Å². The zero-order valence-electron chi connectivity index (χ0n) is 7.60. The number of nitrogens with one attached hydrogen (secondary N) is 2. The molecule has 0 spiro atoms. The first-order valence-corrected chi connectivity index (χ1v) is 4.13. The molecule has 15 heavy (non-hydrogen) atoms. The van der Waals surface area contributed by atoms with Crippen LogP contribution in [0.3, 0.4) is 0 Å². The van der Waals surface area contributed by atoms with E-state index in [2.05, 4.69) is 25.9 Å². The SMILES string of the molecule is NCc1ccc(C(=O)Nc2nn[nH]n2)o1. The number of aromatic nitrogens is 4. The van der Waals surface area contributed by atoms with Gasteiger partial charge in [-0.1, -0.05) is 5.10 Å². The monoisotopic (exact) mass is 208 g/mol. The summed E-state index contributed by atoms with van der Waals surface area (Å²) in [6, 6.07) is 3.16. The molecule has 0 saturated carbocycles. The van der Waals surface area contributed by atoms with Crippen LogP contribution >= 0.6 is 0 Å². The smallest absolute Gasteiger partial charge is 0.293 e. The zero-order valence-corrected chi connectivity index (χ0v) is 7.60. The van der Waals surface area contributed by atoms with Crippen molar-refractivity contribution in [1.82, 2.24) is 20.6 Å². The summed E-state index contributed by atoms with van der Waals surface area (Å²) in [6.45, 7) is 0.246. The molecule has 0 saturated heterocycles. The van der Waals surface area contributed by atoms with Gasteiger partial charge in [0.05, 0.1) is 6.54 Å². The normalized spacial score (nSPS) is 10.2. The maximum Gasteiger partial charge on any atom is 0.293 e. The van der Waals surface area contributed by atoms with Gasteiger partial charge in [0.2, 0.25) is 0 Å². The summed E-state index contributed by atoms with van der Waals surface area (Å²) in [4.78, 5) is 11.5. The number of anilines is 1. The Kier molecular flexibility index (Phi) is 2.42. The van der Waals surface area contributed by atoms with Crippen molar-refractivity contribution in [2.75, 3.05) is 5.32 Å². The topological polar surface area (TPSA) is 123 Å². The van der Waals surface area contributed by atoms with E-state index >= 15 is 0 Å². The van der Waals surface area contributed by atoms with E-state index < -0.39 is 5.91 Å². The van der Waals surface area contributed by atoms with E-state index in [-0.39, 0.29) is 18.3 Å². The van der Waals surface area contributed by atoms with Crippen LogP contribution in [0.5, 0.6) is 0 Å². The highest BCUT2D eigenvalue weighted by Crippen LogP contribution is 2.08. The van der Waals surface area contributed by atoms with Crippen molar-refractivity contribution < 1.29 is 9.21 Å². The molecule has 0 bridgehead atoms. The van der Waals surface area contributed by atoms with E-state index in [1.807, 2.05) is 0 Å². The lowest BCUT2D eigenvalue weighted by Crippen LogP contribution is -2.12. The Bertz CT molecular complexity index is 448. The predicted molar refractivity (Wildman–Crippen MR) is 48.7 cm³/mol. The third-order valence-corrected chi connectivity index (χ3v) is 1.66.